The summed E-state index contributed by atoms with van der Waals surface area (Å²) >= 11 is 0. The molecule has 0 saturated carbocycles. The lowest BCUT2D eigenvalue weighted by Gasteiger charge is -2.07. The van der Waals surface area contributed by atoms with E-state index in [1.807, 2.05) is 20.9 Å². The molecule has 0 radical (unpaired) electrons. The normalized spacial score (nSPS) is 10.4. The van der Waals surface area contributed by atoms with Gasteiger partial charge in [-0.1, -0.05) is 0 Å². The third-order valence-corrected chi connectivity index (χ3v) is 2.87. The van der Waals surface area contributed by atoms with E-state index in [9.17, 15) is 9.59 Å². The first-order chi connectivity index (χ1) is 9.45. The zero-order valence-corrected chi connectivity index (χ0v) is 12.4. The second-order valence-electron chi connectivity index (χ2n) is 4.45. The molecule has 0 aliphatic heterocycles. The lowest BCUT2D eigenvalue weighted by molar-refractivity contribution is -0.143. The minimum Gasteiger partial charge on any atom is -0.466 e. The number of esters is 1. The fourth-order valence-corrected chi connectivity index (χ4v) is 1.76. The monoisotopic (exact) mass is 282 g/mol. The van der Waals surface area contributed by atoms with E-state index in [0.717, 1.165) is 17.1 Å². The standard InChI is InChI=1S/C13H22N4O3/c1-5-20-12(19)6-7-14-8-11(18)15-13-9(2)16-17(4)10(13)3/h14H,5-8H2,1-4H3,(H,15,18). The summed E-state index contributed by atoms with van der Waals surface area (Å²) in [6.07, 6.45) is 0.256. The van der Waals surface area contributed by atoms with Crippen molar-refractivity contribution >= 4 is 17.6 Å². The van der Waals surface area contributed by atoms with Crippen LogP contribution in [0.5, 0.6) is 0 Å². The molecule has 1 aromatic rings. The number of carbonyl (C=O) groups excluding carboxylic acids is 2. The van der Waals surface area contributed by atoms with Crippen LogP contribution >= 0.6 is 0 Å². The van der Waals surface area contributed by atoms with E-state index in [0.29, 0.717) is 13.2 Å². The van der Waals surface area contributed by atoms with Crippen molar-refractivity contribution in [2.45, 2.75) is 27.2 Å². The number of aryl methyl sites for hydroxylation is 2. The molecule has 7 nitrogen and oxygen atoms in total. The molecule has 1 heterocycles. The van der Waals surface area contributed by atoms with Crippen molar-refractivity contribution < 1.29 is 14.3 Å². The largest absolute Gasteiger partial charge is 0.466 e. The Morgan fingerprint density at radius 2 is 2.05 bits per heavy atom. The quantitative estimate of drug-likeness (QED) is 0.562. The number of hydrogen-bond donors (Lipinski definition) is 2. The minimum absolute atomic E-state index is 0.146. The number of anilines is 1. The summed E-state index contributed by atoms with van der Waals surface area (Å²) in [6, 6.07) is 0. The number of nitrogens with zero attached hydrogens (tertiary/aromatic N) is 2. The van der Waals surface area contributed by atoms with E-state index in [-0.39, 0.29) is 24.8 Å². The van der Waals surface area contributed by atoms with Gasteiger partial charge in [0, 0.05) is 13.6 Å². The lowest BCUT2D eigenvalue weighted by Crippen LogP contribution is -2.30. The molecule has 0 fully saturated rings. The van der Waals surface area contributed by atoms with Crippen LogP contribution in [0.15, 0.2) is 0 Å². The Bertz CT molecular complexity index is 482. The molecule has 7 heteroatoms. The maximum Gasteiger partial charge on any atom is 0.307 e. The highest BCUT2D eigenvalue weighted by Gasteiger charge is 2.12. The number of amides is 1. The van der Waals surface area contributed by atoms with Crippen LogP contribution in [-0.4, -0.2) is 41.4 Å². The highest BCUT2D eigenvalue weighted by Crippen LogP contribution is 2.17. The summed E-state index contributed by atoms with van der Waals surface area (Å²) in [5.41, 5.74) is 2.43. The minimum atomic E-state index is -0.264. The Hall–Kier alpha value is -1.89. The average molecular weight is 282 g/mol. The molecular formula is C13H22N4O3. The van der Waals surface area contributed by atoms with Crippen LogP contribution in [0, 0.1) is 13.8 Å². The number of carbonyl (C=O) groups is 2. The van der Waals surface area contributed by atoms with Crippen molar-refractivity contribution in [2.24, 2.45) is 7.05 Å². The first kappa shape index (κ1) is 16.2. The fourth-order valence-electron chi connectivity index (χ4n) is 1.76. The zero-order valence-electron chi connectivity index (χ0n) is 12.4. The summed E-state index contributed by atoms with van der Waals surface area (Å²) in [5.74, 6) is -0.424. The predicted molar refractivity (Wildman–Crippen MR) is 75.4 cm³/mol. The van der Waals surface area contributed by atoms with Gasteiger partial charge >= 0.3 is 5.97 Å². The van der Waals surface area contributed by atoms with E-state index in [4.69, 9.17) is 4.74 Å². The number of nitrogens with one attached hydrogen (secondary N) is 2. The molecule has 1 aromatic heterocycles. The molecule has 0 unspecified atom stereocenters. The molecule has 0 saturated heterocycles. The Labute approximate surface area is 118 Å². The van der Waals surface area contributed by atoms with E-state index in [1.54, 1.807) is 11.6 Å². The molecule has 0 bridgehead atoms. The van der Waals surface area contributed by atoms with Gasteiger partial charge in [0.25, 0.3) is 0 Å². The van der Waals surface area contributed by atoms with Gasteiger partial charge in [-0.25, -0.2) is 0 Å². The summed E-state index contributed by atoms with van der Waals surface area (Å²) in [7, 11) is 1.83. The van der Waals surface area contributed by atoms with Crippen molar-refractivity contribution in [2.75, 3.05) is 25.0 Å². The second-order valence-corrected chi connectivity index (χ2v) is 4.45. The summed E-state index contributed by atoms with van der Waals surface area (Å²) < 4.78 is 6.51. The van der Waals surface area contributed by atoms with Gasteiger partial charge in [-0.15, -0.1) is 0 Å². The van der Waals surface area contributed by atoms with Gasteiger partial charge in [-0.3, -0.25) is 14.3 Å². The van der Waals surface area contributed by atoms with E-state index in [2.05, 4.69) is 15.7 Å². The van der Waals surface area contributed by atoms with Gasteiger partial charge in [0.2, 0.25) is 5.91 Å². The van der Waals surface area contributed by atoms with Crippen molar-refractivity contribution in [1.82, 2.24) is 15.1 Å². The molecule has 0 aliphatic rings. The number of hydrogen-bond acceptors (Lipinski definition) is 5. The molecule has 20 heavy (non-hydrogen) atoms. The first-order valence-corrected chi connectivity index (χ1v) is 6.62. The third-order valence-electron chi connectivity index (χ3n) is 2.87. The Kier molecular flexibility index (Phi) is 6.17. The van der Waals surface area contributed by atoms with Gasteiger partial charge < -0.3 is 15.4 Å². The van der Waals surface area contributed by atoms with Crippen molar-refractivity contribution in [1.29, 1.82) is 0 Å². The highest BCUT2D eigenvalue weighted by molar-refractivity contribution is 5.93. The third kappa shape index (κ3) is 4.65. The second kappa shape index (κ2) is 7.64. The van der Waals surface area contributed by atoms with Crippen LogP contribution in [-0.2, 0) is 21.4 Å². The summed E-state index contributed by atoms with van der Waals surface area (Å²) in [4.78, 5) is 22.9. The maximum absolute atomic E-state index is 11.8. The van der Waals surface area contributed by atoms with Gasteiger partial charge in [-0.2, -0.15) is 5.10 Å². The van der Waals surface area contributed by atoms with Crippen LogP contribution in [0.2, 0.25) is 0 Å². The highest BCUT2D eigenvalue weighted by atomic mass is 16.5. The van der Waals surface area contributed by atoms with Crippen LogP contribution in [0.3, 0.4) is 0 Å². The van der Waals surface area contributed by atoms with Crippen molar-refractivity contribution in [3.8, 4) is 0 Å². The van der Waals surface area contributed by atoms with Crippen LogP contribution in [0.1, 0.15) is 24.7 Å². The summed E-state index contributed by atoms with van der Waals surface area (Å²) in [5, 5.41) is 9.94. The zero-order chi connectivity index (χ0) is 15.1. The van der Waals surface area contributed by atoms with E-state index in [1.165, 1.54) is 0 Å². The molecule has 112 valence electrons. The van der Waals surface area contributed by atoms with Crippen LogP contribution in [0.25, 0.3) is 0 Å². The van der Waals surface area contributed by atoms with Gasteiger partial charge in [0.1, 0.15) is 0 Å². The number of rotatable bonds is 7. The SMILES string of the molecule is CCOC(=O)CCNCC(=O)Nc1c(C)nn(C)c1C. The molecule has 0 atom stereocenters. The van der Waals surface area contributed by atoms with Crippen molar-refractivity contribution in [3.63, 3.8) is 0 Å². The van der Waals surface area contributed by atoms with Crippen molar-refractivity contribution in [3.05, 3.63) is 11.4 Å². The molecule has 0 spiro atoms. The predicted octanol–water partition coefficient (Wildman–Crippen LogP) is 0.518. The Balaban J connectivity index is 2.32. The molecule has 0 aromatic carbocycles. The number of ether oxygens (including phenoxy) is 1. The van der Waals surface area contributed by atoms with E-state index < -0.39 is 0 Å². The van der Waals surface area contributed by atoms with Crippen LogP contribution in [0.4, 0.5) is 5.69 Å². The van der Waals surface area contributed by atoms with Gasteiger partial charge in [-0.05, 0) is 20.8 Å². The van der Waals surface area contributed by atoms with Gasteiger partial charge in [0.05, 0.1) is 36.6 Å². The molecule has 0 aliphatic carbocycles. The fraction of sp³-hybridized carbons (Fsp3) is 0.615. The van der Waals surface area contributed by atoms with Crippen LogP contribution < -0.4 is 10.6 Å². The molecule has 1 rings (SSSR count). The van der Waals surface area contributed by atoms with Gasteiger partial charge in [0.15, 0.2) is 0 Å². The summed E-state index contributed by atoms with van der Waals surface area (Å²) in [6.45, 7) is 6.43. The lowest BCUT2D eigenvalue weighted by atomic mass is 10.3. The Morgan fingerprint density at radius 3 is 2.60 bits per heavy atom. The molecule has 2 N–H and O–H groups in total. The Morgan fingerprint density at radius 1 is 1.35 bits per heavy atom. The maximum atomic E-state index is 11.8. The number of aromatic nitrogens is 2. The topological polar surface area (TPSA) is 85.2 Å². The molecule has 1 amide bonds. The molecular weight excluding hydrogens is 260 g/mol. The van der Waals surface area contributed by atoms with E-state index >= 15 is 0 Å². The first-order valence-electron chi connectivity index (χ1n) is 6.62. The average Bonchev–Trinajstić information content (AvgIpc) is 2.62. The smallest absolute Gasteiger partial charge is 0.307 e.